The molecule has 3 N–H and O–H groups in total. The van der Waals surface area contributed by atoms with Crippen LogP contribution in [0.15, 0.2) is 36.5 Å². The molecule has 0 bridgehead atoms. The monoisotopic (exact) mass is 233 g/mol. The molecule has 0 fully saturated rings. The first-order chi connectivity index (χ1) is 7.91. The highest BCUT2D eigenvalue weighted by Crippen LogP contribution is 2.18. The topological polar surface area (TPSA) is 75.4 Å². The fourth-order valence-electron chi connectivity index (χ4n) is 1.34. The second-order valence-corrected chi connectivity index (χ2v) is 3.66. The van der Waals surface area contributed by atoms with E-state index in [1.807, 2.05) is 0 Å². The van der Waals surface area contributed by atoms with Crippen LogP contribution in [-0.4, -0.2) is 11.9 Å². The fourth-order valence-corrected chi connectivity index (χ4v) is 1.34. The summed E-state index contributed by atoms with van der Waals surface area (Å²) in [5.41, 5.74) is 6.98. The van der Waals surface area contributed by atoms with E-state index in [4.69, 9.17) is 5.73 Å². The molecule has 1 aromatic carbocycles. The number of urea groups is 1. The van der Waals surface area contributed by atoms with E-state index in [1.165, 1.54) is 6.92 Å². The normalized spacial score (nSPS) is 9.53. The summed E-state index contributed by atoms with van der Waals surface area (Å²) in [6, 6.07) is 6.00. The molecule has 5 heteroatoms. The van der Waals surface area contributed by atoms with Crippen LogP contribution in [0.2, 0.25) is 0 Å². The van der Waals surface area contributed by atoms with Crippen molar-refractivity contribution in [3.05, 3.63) is 36.5 Å². The van der Waals surface area contributed by atoms with Crippen molar-refractivity contribution in [3.8, 4) is 0 Å². The van der Waals surface area contributed by atoms with E-state index in [2.05, 4.69) is 11.9 Å². The summed E-state index contributed by atoms with van der Waals surface area (Å²) in [4.78, 5) is 24.3. The van der Waals surface area contributed by atoms with E-state index in [9.17, 15) is 9.59 Å². The minimum Gasteiger partial charge on any atom is -0.399 e. The summed E-state index contributed by atoms with van der Waals surface area (Å²) in [5, 5.41) is 2.47. The van der Waals surface area contributed by atoms with Crippen LogP contribution in [-0.2, 0) is 4.79 Å². The number of nitrogens with one attached hydrogen (secondary N) is 1. The van der Waals surface area contributed by atoms with Crippen LogP contribution in [0.1, 0.15) is 13.8 Å². The Morgan fingerprint density at radius 3 is 2.47 bits per heavy atom. The Labute approximate surface area is 99.9 Å². The van der Waals surface area contributed by atoms with Crippen LogP contribution in [0.4, 0.5) is 16.2 Å². The van der Waals surface area contributed by atoms with E-state index in [0.717, 1.165) is 4.90 Å². The van der Waals surface area contributed by atoms with Crippen molar-refractivity contribution in [2.24, 2.45) is 0 Å². The second kappa shape index (κ2) is 5.16. The summed E-state index contributed by atoms with van der Waals surface area (Å²) in [6.07, 6.45) is 0. The molecule has 0 radical (unpaired) electrons. The quantitative estimate of drug-likeness (QED) is 0.765. The number of benzene rings is 1. The van der Waals surface area contributed by atoms with E-state index in [1.54, 1.807) is 31.2 Å². The van der Waals surface area contributed by atoms with Crippen molar-refractivity contribution < 1.29 is 9.59 Å². The van der Waals surface area contributed by atoms with Gasteiger partial charge in [0.2, 0.25) is 5.91 Å². The summed E-state index contributed by atoms with van der Waals surface area (Å²) in [6.45, 7) is 6.49. The molecule has 0 aliphatic carbocycles. The average molecular weight is 233 g/mol. The lowest BCUT2D eigenvalue weighted by atomic mass is 10.2. The van der Waals surface area contributed by atoms with Gasteiger partial charge in [0.25, 0.3) is 0 Å². The third-order valence-electron chi connectivity index (χ3n) is 1.97. The number of nitrogens with zero attached hydrogens (tertiary/aromatic N) is 1. The van der Waals surface area contributed by atoms with Gasteiger partial charge in [-0.2, -0.15) is 0 Å². The second-order valence-electron chi connectivity index (χ2n) is 3.66. The molecule has 0 aromatic heterocycles. The largest absolute Gasteiger partial charge is 0.399 e. The lowest BCUT2D eigenvalue weighted by molar-refractivity contribution is -0.115. The van der Waals surface area contributed by atoms with Crippen LogP contribution in [0.5, 0.6) is 0 Å². The number of nitrogens with two attached hydrogens (primary N) is 1. The number of carbonyl (C=O) groups is 2. The third-order valence-corrected chi connectivity index (χ3v) is 1.97. The third kappa shape index (κ3) is 3.34. The van der Waals surface area contributed by atoms with Gasteiger partial charge in [-0.15, -0.1) is 0 Å². The van der Waals surface area contributed by atoms with Gasteiger partial charge in [-0.25, -0.2) is 9.69 Å². The van der Waals surface area contributed by atoms with Gasteiger partial charge in [0.05, 0.1) is 5.69 Å². The van der Waals surface area contributed by atoms with Crippen LogP contribution < -0.4 is 16.0 Å². The highest BCUT2D eigenvalue weighted by atomic mass is 16.2. The molecule has 0 aliphatic heterocycles. The highest BCUT2D eigenvalue weighted by Gasteiger charge is 2.19. The van der Waals surface area contributed by atoms with Gasteiger partial charge in [-0.3, -0.25) is 4.79 Å². The molecule has 3 amide bonds. The summed E-state index contributed by atoms with van der Waals surface area (Å²) in [7, 11) is 0. The Kier molecular flexibility index (Phi) is 3.87. The summed E-state index contributed by atoms with van der Waals surface area (Å²) >= 11 is 0. The molecule has 0 saturated heterocycles. The zero-order valence-electron chi connectivity index (χ0n) is 9.86. The predicted octanol–water partition coefficient (Wildman–Crippen LogP) is 1.86. The molecule has 0 aliphatic rings. The van der Waals surface area contributed by atoms with Crippen LogP contribution in [0, 0.1) is 0 Å². The maximum atomic E-state index is 11.8. The van der Waals surface area contributed by atoms with Crippen molar-refractivity contribution in [3.63, 3.8) is 0 Å². The SMILES string of the molecule is C=C(C)NC(=O)N(C(C)=O)c1cccc(N)c1. The van der Waals surface area contributed by atoms with Gasteiger partial charge < -0.3 is 11.1 Å². The number of amides is 3. The van der Waals surface area contributed by atoms with Crippen LogP contribution >= 0.6 is 0 Å². The van der Waals surface area contributed by atoms with Crippen molar-refractivity contribution >= 4 is 23.3 Å². The average Bonchev–Trinajstić information content (AvgIpc) is 2.15. The Morgan fingerprint density at radius 2 is 2.00 bits per heavy atom. The molecule has 0 spiro atoms. The molecule has 0 unspecified atom stereocenters. The molecule has 17 heavy (non-hydrogen) atoms. The zero-order chi connectivity index (χ0) is 13.0. The lowest BCUT2D eigenvalue weighted by Gasteiger charge is -2.20. The molecular weight excluding hydrogens is 218 g/mol. The first-order valence-electron chi connectivity index (χ1n) is 5.04. The molecule has 1 aromatic rings. The Bertz CT molecular complexity index is 469. The number of allylic oxidation sites excluding steroid dienone is 1. The first-order valence-corrected chi connectivity index (χ1v) is 5.04. The molecule has 90 valence electrons. The fraction of sp³-hybridized carbons (Fsp3) is 0.167. The van der Waals surface area contributed by atoms with E-state index in [0.29, 0.717) is 17.1 Å². The maximum Gasteiger partial charge on any atom is 0.332 e. The number of hydrogen-bond acceptors (Lipinski definition) is 3. The molecular formula is C12H15N3O2. The van der Waals surface area contributed by atoms with Crippen molar-refractivity contribution in [1.29, 1.82) is 0 Å². The van der Waals surface area contributed by atoms with E-state index < -0.39 is 11.9 Å². The highest BCUT2D eigenvalue weighted by molar-refractivity contribution is 6.13. The number of hydrogen-bond donors (Lipinski definition) is 2. The standard InChI is InChI=1S/C12H15N3O2/c1-8(2)14-12(17)15(9(3)16)11-6-4-5-10(13)7-11/h4-7H,1,13H2,2-3H3,(H,14,17). The maximum absolute atomic E-state index is 11.8. The smallest absolute Gasteiger partial charge is 0.332 e. The Balaban J connectivity index is 3.05. The Morgan fingerprint density at radius 1 is 1.35 bits per heavy atom. The lowest BCUT2D eigenvalue weighted by Crippen LogP contribution is -2.42. The summed E-state index contributed by atoms with van der Waals surface area (Å²) < 4.78 is 0. The minimum absolute atomic E-state index is 0.394. The number of anilines is 2. The van der Waals surface area contributed by atoms with Crippen molar-refractivity contribution in [1.82, 2.24) is 5.32 Å². The molecule has 0 saturated carbocycles. The Hall–Kier alpha value is -2.30. The first kappa shape index (κ1) is 12.8. The number of rotatable bonds is 2. The number of imide groups is 1. The van der Waals surface area contributed by atoms with Crippen LogP contribution in [0.25, 0.3) is 0 Å². The van der Waals surface area contributed by atoms with Gasteiger partial charge in [0.15, 0.2) is 0 Å². The molecule has 0 atom stereocenters. The number of carbonyl (C=O) groups excluding carboxylic acids is 2. The minimum atomic E-state index is -0.546. The predicted molar refractivity (Wildman–Crippen MR) is 67.4 cm³/mol. The van der Waals surface area contributed by atoms with Gasteiger partial charge >= 0.3 is 6.03 Å². The molecule has 1 rings (SSSR count). The zero-order valence-corrected chi connectivity index (χ0v) is 9.86. The van der Waals surface area contributed by atoms with Crippen LogP contribution in [0.3, 0.4) is 0 Å². The van der Waals surface area contributed by atoms with Gasteiger partial charge in [0, 0.05) is 18.3 Å². The molecule has 5 nitrogen and oxygen atoms in total. The van der Waals surface area contributed by atoms with Crippen molar-refractivity contribution in [2.45, 2.75) is 13.8 Å². The summed E-state index contributed by atoms with van der Waals surface area (Å²) in [5.74, 6) is -0.394. The molecule has 0 heterocycles. The van der Waals surface area contributed by atoms with E-state index >= 15 is 0 Å². The van der Waals surface area contributed by atoms with E-state index in [-0.39, 0.29) is 0 Å². The van der Waals surface area contributed by atoms with Gasteiger partial charge in [-0.05, 0) is 25.1 Å². The number of nitrogen functional groups attached to an aromatic ring is 1. The van der Waals surface area contributed by atoms with Gasteiger partial charge in [0.1, 0.15) is 0 Å². The van der Waals surface area contributed by atoms with Crippen molar-refractivity contribution in [2.75, 3.05) is 10.6 Å². The van der Waals surface area contributed by atoms with Gasteiger partial charge in [-0.1, -0.05) is 12.6 Å².